The molecule has 0 amide bonds. The number of benzene rings is 1. The molecule has 1 aromatic rings. The van der Waals surface area contributed by atoms with Crippen LogP contribution in [0.5, 0.6) is 0 Å². The van der Waals surface area contributed by atoms with Crippen molar-refractivity contribution in [3.05, 3.63) is 47.5 Å². The highest BCUT2D eigenvalue weighted by molar-refractivity contribution is 8.19. The van der Waals surface area contributed by atoms with Crippen LogP contribution in [-0.2, 0) is 20.9 Å². The normalized spacial score (nSPS) is 23.9. The summed E-state index contributed by atoms with van der Waals surface area (Å²) in [5.41, 5.74) is 2.18. The maximum atomic E-state index is 12.9. The van der Waals surface area contributed by atoms with Gasteiger partial charge in [-0.2, -0.15) is 0 Å². The Bertz CT molecular complexity index is 571. The van der Waals surface area contributed by atoms with Gasteiger partial charge in [-0.15, -0.1) is 23.5 Å². The molecular formula is C18H22O3S2. The van der Waals surface area contributed by atoms with Gasteiger partial charge in [0.2, 0.25) is 0 Å². The first-order valence-corrected chi connectivity index (χ1v) is 9.69. The van der Waals surface area contributed by atoms with Gasteiger partial charge < -0.3 is 9.53 Å². The average Bonchev–Trinajstić information content (AvgIpc) is 2.56. The van der Waals surface area contributed by atoms with Crippen LogP contribution in [0.3, 0.4) is 0 Å². The molecule has 5 heteroatoms. The van der Waals surface area contributed by atoms with Crippen molar-refractivity contribution in [3.63, 3.8) is 0 Å². The maximum absolute atomic E-state index is 12.9. The standard InChI is InChI=1S/C18H22O3S2/c1-3-22-18(16(9-10-19)11-14(2)13-23-18)17(20)21-12-15-7-5-4-6-8-15/h4-8,10-11,16H,3,9,12-13H2,1-2H3/t16-,18+/m1/s1. The predicted octanol–water partition coefficient (Wildman–Crippen LogP) is 4.08. The Balaban J connectivity index is 2.17. The Labute approximate surface area is 146 Å². The summed E-state index contributed by atoms with van der Waals surface area (Å²) in [5, 5.41) is 0. The topological polar surface area (TPSA) is 43.4 Å². The lowest BCUT2D eigenvalue weighted by Gasteiger charge is -2.38. The molecule has 0 saturated carbocycles. The smallest absolute Gasteiger partial charge is 0.333 e. The van der Waals surface area contributed by atoms with Crippen molar-refractivity contribution in [2.45, 2.75) is 31.0 Å². The first-order valence-electron chi connectivity index (χ1n) is 7.72. The van der Waals surface area contributed by atoms with Crippen molar-refractivity contribution in [1.29, 1.82) is 0 Å². The van der Waals surface area contributed by atoms with Crippen LogP contribution < -0.4 is 0 Å². The van der Waals surface area contributed by atoms with E-state index in [4.69, 9.17) is 4.74 Å². The van der Waals surface area contributed by atoms with Crippen molar-refractivity contribution >= 4 is 35.8 Å². The third kappa shape index (κ3) is 4.42. The Kier molecular flexibility index (Phi) is 6.78. The highest BCUT2D eigenvalue weighted by atomic mass is 32.2. The summed E-state index contributed by atoms with van der Waals surface area (Å²) in [6.45, 7) is 4.34. The van der Waals surface area contributed by atoms with Gasteiger partial charge >= 0.3 is 5.97 Å². The van der Waals surface area contributed by atoms with Gasteiger partial charge in [-0.25, -0.2) is 4.79 Å². The van der Waals surface area contributed by atoms with Gasteiger partial charge in [-0.1, -0.05) is 48.9 Å². The van der Waals surface area contributed by atoms with E-state index < -0.39 is 4.08 Å². The van der Waals surface area contributed by atoms with Gasteiger partial charge in [0.1, 0.15) is 12.9 Å². The molecule has 0 saturated heterocycles. The number of hydrogen-bond acceptors (Lipinski definition) is 5. The lowest BCUT2D eigenvalue weighted by atomic mass is 9.97. The monoisotopic (exact) mass is 350 g/mol. The number of ether oxygens (including phenoxy) is 1. The van der Waals surface area contributed by atoms with Crippen LogP contribution in [0.15, 0.2) is 42.0 Å². The van der Waals surface area contributed by atoms with E-state index in [0.717, 1.165) is 23.4 Å². The minimum atomic E-state index is -0.718. The van der Waals surface area contributed by atoms with Crippen LogP contribution in [-0.4, -0.2) is 27.8 Å². The number of allylic oxidation sites excluding steroid dienone is 1. The second-order valence-electron chi connectivity index (χ2n) is 5.47. The molecule has 2 atom stereocenters. The van der Waals surface area contributed by atoms with Gasteiger partial charge in [0.05, 0.1) is 0 Å². The van der Waals surface area contributed by atoms with Crippen LogP contribution >= 0.6 is 23.5 Å². The zero-order valence-corrected chi connectivity index (χ0v) is 15.1. The van der Waals surface area contributed by atoms with E-state index >= 15 is 0 Å². The molecule has 3 nitrogen and oxygen atoms in total. The fourth-order valence-electron chi connectivity index (χ4n) is 2.61. The van der Waals surface area contributed by atoms with Crippen LogP contribution in [0, 0.1) is 5.92 Å². The summed E-state index contributed by atoms with van der Waals surface area (Å²) in [4.78, 5) is 23.9. The number of rotatable bonds is 7. The van der Waals surface area contributed by atoms with E-state index in [1.165, 1.54) is 5.57 Å². The molecule has 124 valence electrons. The van der Waals surface area contributed by atoms with Crippen molar-refractivity contribution in [1.82, 2.24) is 0 Å². The summed E-state index contributed by atoms with van der Waals surface area (Å²) in [7, 11) is 0. The summed E-state index contributed by atoms with van der Waals surface area (Å²) in [5.74, 6) is 1.25. The first kappa shape index (κ1) is 18.1. The van der Waals surface area contributed by atoms with Crippen LogP contribution in [0.2, 0.25) is 0 Å². The van der Waals surface area contributed by atoms with Gasteiger partial charge in [0.15, 0.2) is 4.08 Å². The Hall–Kier alpha value is -1.20. The number of aldehydes is 1. The molecule has 1 aromatic carbocycles. The van der Waals surface area contributed by atoms with E-state index in [0.29, 0.717) is 6.42 Å². The lowest BCUT2D eigenvalue weighted by Crippen LogP contribution is -2.43. The summed E-state index contributed by atoms with van der Waals surface area (Å²) < 4.78 is 4.89. The summed E-state index contributed by atoms with van der Waals surface area (Å²) >= 11 is 3.17. The third-order valence-electron chi connectivity index (χ3n) is 3.69. The molecule has 23 heavy (non-hydrogen) atoms. The molecule has 1 aliphatic rings. The molecule has 0 fully saturated rings. The summed E-state index contributed by atoms with van der Waals surface area (Å²) in [6, 6.07) is 9.67. The predicted molar refractivity (Wildman–Crippen MR) is 97.5 cm³/mol. The molecule has 1 aliphatic heterocycles. The Morgan fingerprint density at radius 1 is 1.43 bits per heavy atom. The highest BCUT2D eigenvalue weighted by Crippen LogP contribution is 2.50. The first-order chi connectivity index (χ1) is 11.1. The molecule has 1 heterocycles. The van der Waals surface area contributed by atoms with Gasteiger partial charge in [0.25, 0.3) is 0 Å². The molecule has 0 aliphatic carbocycles. The van der Waals surface area contributed by atoms with E-state index in [2.05, 4.69) is 6.08 Å². The van der Waals surface area contributed by atoms with Crippen molar-refractivity contribution in [2.75, 3.05) is 11.5 Å². The fraction of sp³-hybridized carbons (Fsp3) is 0.444. The van der Waals surface area contributed by atoms with Gasteiger partial charge in [-0.3, -0.25) is 0 Å². The quantitative estimate of drug-likeness (QED) is 0.421. The average molecular weight is 351 g/mol. The number of carbonyl (C=O) groups is 2. The van der Waals surface area contributed by atoms with Crippen molar-refractivity contribution in [2.24, 2.45) is 5.92 Å². The number of esters is 1. The number of carbonyl (C=O) groups excluding carboxylic acids is 2. The molecular weight excluding hydrogens is 328 g/mol. The van der Waals surface area contributed by atoms with Crippen molar-refractivity contribution in [3.8, 4) is 0 Å². The zero-order chi connectivity index (χ0) is 16.7. The molecule has 2 rings (SSSR count). The van der Waals surface area contributed by atoms with E-state index in [1.807, 2.05) is 44.2 Å². The molecule has 0 bridgehead atoms. The molecule has 0 N–H and O–H groups in total. The SMILES string of the molecule is CCS[C@]1(C(=O)OCc2ccccc2)SCC(C)=C[C@H]1CC=O. The van der Waals surface area contributed by atoms with Crippen LogP contribution in [0.4, 0.5) is 0 Å². The third-order valence-corrected chi connectivity index (χ3v) is 7.09. The Morgan fingerprint density at radius 3 is 2.83 bits per heavy atom. The minimum absolute atomic E-state index is 0.119. The Morgan fingerprint density at radius 2 is 2.17 bits per heavy atom. The maximum Gasteiger partial charge on any atom is 0.333 e. The molecule has 0 aromatic heterocycles. The minimum Gasteiger partial charge on any atom is -0.459 e. The zero-order valence-electron chi connectivity index (χ0n) is 13.5. The van der Waals surface area contributed by atoms with E-state index in [9.17, 15) is 9.59 Å². The number of hydrogen-bond donors (Lipinski definition) is 0. The number of thioether (sulfide) groups is 2. The van der Waals surface area contributed by atoms with Gasteiger partial charge in [0, 0.05) is 18.1 Å². The van der Waals surface area contributed by atoms with Crippen LogP contribution in [0.1, 0.15) is 25.8 Å². The fourth-order valence-corrected chi connectivity index (χ4v) is 5.55. The second kappa shape index (κ2) is 8.60. The van der Waals surface area contributed by atoms with E-state index in [1.54, 1.807) is 23.5 Å². The van der Waals surface area contributed by atoms with Gasteiger partial charge in [-0.05, 0) is 18.2 Å². The summed E-state index contributed by atoms with van der Waals surface area (Å²) in [6.07, 6.45) is 3.31. The highest BCUT2D eigenvalue weighted by Gasteiger charge is 2.48. The van der Waals surface area contributed by atoms with E-state index in [-0.39, 0.29) is 18.5 Å². The largest absolute Gasteiger partial charge is 0.459 e. The molecule has 0 unspecified atom stereocenters. The van der Waals surface area contributed by atoms with Crippen LogP contribution in [0.25, 0.3) is 0 Å². The second-order valence-corrected chi connectivity index (χ2v) is 8.46. The molecule has 0 spiro atoms. The van der Waals surface area contributed by atoms with Crippen molar-refractivity contribution < 1.29 is 14.3 Å². The molecule has 0 radical (unpaired) electrons. The lowest BCUT2D eigenvalue weighted by molar-refractivity contribution is -0.146.